The van der Waals surface area contributed by atoms with Gasteiger partial charge in [-0.3, -0.25) is 9.52 Å². The van der Waals surface area contributed by atoms with E-state index in [9.17, 15) is 17.6 Å². The summed E-state index contributed by atoms with van der Waals surface area (Å²) in [5.74, 6) is 0.520. The van der Waals surface area contributed by atoms with Crippen LogP contribution in [0.1, 0.15) is 32.6 Å². The van der Waals surface area contributed by atoms with E-state index < -0.39 is 10.0 Å². The van der Waals surface area contributed by atoms with Gasteiger partial charge in [0, 0.05) is 23.6 Å². The fourth-order valence-electron chi connectivity index (χ4n) is 3.30. The van der Waals surface area contributed by atoms with Crippen molar-refractivity contribution in [2.24, 2.45) is 0 Å². The van der Waals surface area contributed by atoms with Crippen LogP contribution in [0.3, 0.4) is 0 Å². The highest BCUT2D eigenvalue weighted by atomic mass is 32.2. The Labute approximate surface area is 198 Å². The summed E-state index contributed by atoms with van der Waals surface area (Å²) in [5.41, 5.74) is 3.79. The molecular weight excluding hydrogens is 459 g/mol. The van der Waals surface area contributed by atoms with Crippen LogP contribution in [0.2, 0.25) is 0 Å². The van der Waals surface area contributed by atoms with Gasteiger partial charge in [0.15, 0.2) is 0 Å². The third kappa shape index (κ3) is 6.58. The molecule has 33 heavy (non-hydrogen) atoms. The van der Waals surface area contributed by atoms with Crippen LogP contribution in [-0.2, 0) is 15.8 Å². The third-order valence-corrected chi connectivity index (χ3v) is 7.63. The normalized spacial score (nSPS) is 11.3. The van der Waals surface area contributed by atoms with Gasteiger partial charge in [-0.05, 0) is 61.7 Å². The Bertz CT molecular complexity index is 1260. The zero-order valence-electron chi connectivity index (χ0n) is 18.8. The molecule has 0 bridgehead atoms. The number of aryl methyl sites for hydroxylation is 3. The van der Waals surface area contributed by atoms with Crippen molar-refractivity contribution in [3.8, 4) is 0 Å². The lowest BCUT2D eigenvalue weighted by molar-refractivity contribution is 0.0956. The van der Waals surface area contributed by atoms with Crippen LogP contribution in [0.25, 0.3) is 0 Å². The molecule has 0 spiro atoms. The van der Waals surface area contributed by atoms with Crippen LogP contribution in [0.5, 0.6) is 0 Å². The Hall–Kier alpha value is -2.84. The molecular formula is C25H27FN2O3S2. The minimum absolute atomic E-state index is 0.0593. The van der Waals surface area contributed by atoms with E-state index in [0.717, 1.165) is 11.1 Å². The van der Waals surface area contributed by atoms with Gasteiger partial charge in [-0.2, -0.15) is 11.8 Å². The summed E-state index contributed by atoms with van der Waals surface area (Å²) in [6, 6.07) is 16.7. The maximum absolute atomic E-state index is 13.7. The summed E-state index contributed by atoms with van der Waals surface area (Å²) < 4.78 is 42.3. The van der Waals surface area contributed by atoms with E-state index in [0.29, 0.717) is 34.9 Å². The Morgan fingerprint density at radius 1 is 0.970 bits per heavy atom. The van der Waals surface area contributed by atoms with Crippen LogP contribution >= 0.6 is 11.8 Å². The molecule has 0 saturated heterocycles. The standard InChI is InChI=1S/C25H27FN2O3S2/c1-17-8-11-23(19(3)14-17)28-33(30,31)24-15-20(10-9-18(24)2)25(29)27-12-13-32-16-21-6-4-5-7-22(21)26/h4-11,14-15,28H,12-13,16H2,1-3H3,(H,27,29). The lowest BCUT2D eigenvalue weighted by Crippen LogP contribution is -2.26. The van der Waals surface area contributed by atoms with Gasteiger partial charge >= 0.3 is 0 Å². The number of hydrogen-bond acceptors (Lipinski definition) is 4. The minimum Gasteiger partial charge on any atom is -0.351 e. The lowest BCUT2D eigenvalue weighted by Gasteiger charge is -2.14. The minimum atomic E-state index is -3.87. The number of hydrogen-bond donors (Lipinski definition) is 2. The van der Waals surface area contributed by atoms with Crippen LogP contribution in [-0.4, -0.2) is 26.6 Å². The molecule has 0 heterocycles. The second kappa shape index (κ2) is 10.9. The second-order valence-corrected chi connectivity index (χ2v) is 10.6. The summed E-state index contributed by atoms with van der Waals surface area (Å²) >= 11 is 1.51. The SMILES string of the molecule is Cc1ccc(NS(=O)(=O)c2cc(C(=O)NCCSCc3ccccc3F)ccc2C)c(C)c1. The van der Waals surface area contributed by atoms with Crippen molar-refractivity contribution in [1.82, 2.24) is 5.32 Å². The second-order valence-electron chi connectivity index (χ2n) is 7.80. The molecule has 174 valence electrons. The monoisotopic (exact) mass is 486 g/mol. The molecule has 0 radical (unpaired) electrons. The van der Waals surface area contributed by atoms with Crippen molar-refractivity contribution in [2.45, 2.75) is 31.4 Å². The van der Waals surface area contributed by atoms with Crippen LogP contribution in [0.4, 0.5) is 10.1 Å². The van der Waals surface area contributed by atoms with Gasteiger partial charge in [-0.25, -0.2) is 12.8 Å². The van der Waals surface area contributed by atoms with E-state index in [1.807, 2.05) is 26.0 Å². The van der Waals surface area contributed by atoms with E-state index in [4.69, 9.17) is 0 Å². The zero-order valence-corrected chi connectivity index (χ0v) is 20.4. The van der Waals surface area contributed by atoms with E-state index in [2.05, 4.69) is 10.0 Å². The Balaban J connectivity index is 1.62. The first-order valence-electron chi connectivity index (χ1n) is 10.5. The fourth-order valence-corrected chi connectivity index (χ4v) is 5.54. The molecule has 1 amide bonds. The molecule has 8 heteroatoms. The highest BCUT2D eigenvalue weighted by Gasteiger charge is 2.20. The number of amides is 1. The summed E-state index contributed by atoms with van der Waals surface area (Å²) in [5, 5.41) is 2.79. The van der Waals surface area contributed by atoms with Crippen molar-refractivity contribution < 1.29 is 17.6 Å². The Morgan fingerprint density at radius 3 is 2.45 bits per heavy atom. The Morgan fingerprint density at radius 2 is 1.73 bits per heavy atom. The van der Waals surface area contributed by atoms with Crippen molar-refractivity contribution in [3.63, 3.8) is 0 Å². The number of nitrogens with one attached hydrogen (secondary N) is 2. The first-order chi connectivity index (χ1) is 15.7. The first kappa shape index (κ1) is 24.8. The topological polar surface area (TPSA) is 75.3 Å². The van der Waals surface area contributed by atoms with Gasteiger partial charge in [-0.1, -0.05) is 42.0 Å². The quantitative estimate of drug-likeness (QED) is 0.407. The van der Waals surface area contributed by atoms with Crippen LogP contribution < -0.4 is 10.0 Å². The summed E-state index contributed by atoms with van der Waals surface area (Å²) in [4.78, 5) is 12.6. The lowest BCUT2D eigenvalue weighted by atomic mass is 10.1. The van der Waals surface area contributed by atoms with Crippen molar-refractivity contribution in [1.29, 1.82) is 0 Å². The fraction of sp³-hybridized carbons (Fsp3) is 0.240. The molecule has 0 atom stereocenters. The highest BCUT2D eigenvalue weighted by Crippen LogP contribution is 2.23. The molecule has 0 saturated carbocycles. The van der Waals surface area contributed by atoms with Crippen molar-refractivity contribution in [3.05, 3.63) is 94.3 Å². The molecule has 0 fully saturated rings. The number of rotatable bonds is 9. The van der Waals surface area contributed by atoms with Gasteiger partial charge in [0.2, 0.25) is 0 Å². The predicted octanol–water partition coefficient (Wildman–Crippen LogP) is 5.21. The van der Waals surface area contributed by atoms with Crippen molar-refractivity contribution in [2.75, 3.05) is 17.0 Å². The molecule has 0 aromatic heterocycles. The molecule has 0 unspecified atom stereocenters. The maximum Gasteiger partial charge on any atom is 0.262 e. The van der Waals surface area contributed by atoms with Crippen molar-refractivity contribution >= 4 is 33.4 Å². The zero-order chi connectivity index (χ0) is 24.0. The molecule has 0 aliphatic carbocycles. The van der Waals surface area contributed by atoms with Gasteiger partial charge in [0.1, 0.15) is 5.82 Å². The average Bonchev–Trinajstić information content (AvgIpc) is 2.76. The highest BCUT2D eigenvalue weighted by molar-refractivity contribution is 7.98. The number of carbonyl (C=O) groups is 1. The number of sulfonamides is 1. The number of benzene rings is 3. The van der Waals surface area contributed by atoms with E-state index in [1.54, 1.807) is 43.3 Å². The Kier molecular flexibility index (Phi) is 8.15. The van der Waals surface area contributed by atoms with E-state index in [1.165, 1.54) is 23.9 Å². The number of carbonyl (C=O) groups excluding carboxylic acids is 1. The molecule has 5 nitrogen and oxygen atoms in total. The van der Waals surface area contributed by atoms with Gasteiger partial charge in [0.05, 0.1) is 10.6 Å². The number of thioether (sulfide) groups is 1. The van der Waals surface area contributed by atoms with Crippen LogP contribution in [0.15, 0.2) is 65.6 Å². The largest absolute Gasteiger partial charge is 0.351 e. The molecule has 0 aliphatic heterocycles. The van der Waals surface area contributed by atoms with Gasteiger partial charge in [-0.15, -0.1) is 0 Å². The molecule has 0 aliphatic rings. The molecule has 3 aromatic rings. The number of halogens is 1. The van der Waals surface area contributed by atoms with Gasteiger partial charge in [0.25, 0.3) is 15.9 Å². The molecule has 3 rings (SSSR count). The number of anilines is 1. The molecule has 3 aromatic carbocycles. The third-order valence-electron chi connectivity index (χ3n) is 5.11. The van der Waals surface area contributed by atoms with Gasteiger partial charge < -0.3 is 5.32 Å². The first-order valence-corrected chi connectivity index (χ1v) is 13.1. The van der Waals surface area contributed by atoms with E-state index >= 15 is 0 Å². The van der Waals surface area contributed by atoms with E-state index in [-0.39, 0.29) is 22.2 Å². The summed E-state index contributed by atoms with van der Waals surface area (Å²) in [6.45, 7) is 5.86. The van der Waals surface area contributed by atoms with Crippen LogP contribution in [0, 0.1) is 26.6 Å². The smallest absolute Gasteiger partial charge is 0.262 e. The summed E-state index contributed by atoms with van der Waals surface area (Å²) in [7, 11) is -3.87. The maximum atomic E-state index is 13.7. The average molecular weight is 487 g/mol. The predicted molar refractivity (Wildman–Crippen MR) is 133 cm³/mol. The summed E-state index contributed by atoms with van der Waals surface area (Å²) in [6.07, 6.45) is 0. The molecule has 2 N–H and O–H groups in total.